The molecule has 1 rings (SSSR count). The third-order valence-electron chi connectivity index (χ3n) is 3.71. The SMILES string of the molecule is CCOC(=O)/C(CC)=C(\C(=O)OCC)C1CCCCC1. The Kier molecular flexibility index (Phi) is 7.34. The first kappa shape index (κ1) is 16.7. The van der Waals surface area contributed by atoms with Gasteiger partial charge in [0.1, 0.15) is 0 Å². The van der Waals surface area contributed by atoms with Gasteiger partial charge in [-0.05, 0) is 39.0 Å². The van der Waals surface area contributed by atoms with Crippen LogP contribution in [0.1, 0.15) is 59.3 Å². The number of hydrogen-bond acceptors (Lipinski definition) is 4. The molecule has 4 heteroatoms. The van der Waals surface area contributed by atoms with Crippen LogP contribution < -0.4 is 0 Å². The molecule has 0 amide bonds. The number of carbonyl (C=O) groups excluding carboxylic acids is 2. The average Bonchev–Trinajstić information content (AvgIpc) is 2.45. The van der Waals surface area contributed by atoms with Crippen molar-refractivity contribution in [3.63, 3.8) is 0 Å². The molecule has 1 saturated carbocycles. The van der Waals surface area contributed by atoms with Crippen molar-refractivity contribution < 1.29 is 19.1 Å². The van der Waals surface area contributed by atoms with Crippen LogP contribution in [0.3, 0.4) is 0 Å². The Bertz CT molecular complexity index is 365. The smallest absolute Gasteiger partial charge is 0.334 e. The number of rotatable bonds is 6. The van der Waals surface area contributed by atoms with Crippen LogP contribution in [-0.4, -0.2) is 25.2 Å². The van der Waals surface area contributed by atoms with Crippen LogP contribution in [0.15, 0.2) is 11.1 Å². The van der Waals surface area contributed by atoms with Crippen LogP contribution in [0.4, 0.5) is 0 Å². The lowest BCUT2D eigenvalue weighted by atomic mass is 9.81. The Hall–Kier alpha value is -1.32. The summed E-state index contributed by atoms with van der Waals surface area (Å²) in [6.07, 6.45) is 5.83. The highest BCUT2D eigenvalue weighted by Crippen LogP contribution is 2.33. The lowest BCUT2D eigenvalue weighted by Crippen LogP contribution is -2.23. The molecule has 20 heavy (non-hydrogen) atoms. The summed E-state index contributed by atoms with van der Waals surface area (Å²) < 4.78 is 10.3. The number of ether oxygens (including phenoxy) is 2. The highest BCUT2D eigenvalue weighted by Gasteiger charge is 2.29. The van der Waals surface area contributed by atoms with E-state index in [1.807, 2.05) is 6.92 Å². The van der Waals surface area contributed by atoms with Crippen molar-refractivity contribution in [3.05, 3.63) is 11.1 Å². The standard InChI is InChI=1S/C16H26O4/c1-4-13(15(17)19-5-2)14(16(18)20-6-3)12-10-8-7-9-11-12/h12H,4-11H2,1-3H3/b14-13-. The Balaban J connectivity index is 3.10. The summed E-state index contributed by atoms with van der Waals surface area (Å²) >= 11 is 0. The zero-order valence-electron chi connectivity index (χ0n) is 12.9. The van der Waals surface area contributed by atoms with Gasteiger partial charge in [-0.15, -0.1) is 0 Å². The summed E-state index contributed by atoms with van der Waals surface area (Å²) in [6, 6.07) is 0. The lowest BCUT2D eigenvalue weighted by Gasteiger charge is -2.25. The molecule has 0 radical (unpaired) electrons. The molecule has 0 spiro atoms. The van der Waals surface area contributed by atoms with Gasteiger partial charge in [-0.2, -0.15) is 0 Å². The largest absolute Gasteiger partial charge is 0.463 e. The summed E-state index contributed by atoms with van der Waals surface area (Å²) in [5, 5.41) is 0. The molecule has 1 aliphatic carbocycles. The highest BCUT2D eigenvalue weighted by molar-refractivity contribution is 6.00. The predicted octanol–water partition coefficient (Wildman–Crippen LogP) is 3.40. The van der Waals surface area contributed by atoms with Crippen LogP contribution in [-0.2, 0) is 19.1 Å². The molecule has 0 saturated heterocycles. The van der Waals surface area contributed by atoms with E-state index < -0.39 is 0 Å². The molecule has 1 fully saturated rings. The zero-order valence-corrected chi connectivity index (χ0v) is 12.9. The van der Waals surface area contributed by atoms with Gasteiger partial charge in [0.25, 0.3) is 0 Å². The minimum absolute atomic E-state index is 0.141. The van der Waals surface area contributed by atoms with E-state index in [0.29, 0.717) is 30.8 Å². The first-order valence-electron chi connectivity index (χ1n) is 7.72. The van der Waals surface area contributed by atoms with E-state index in [-0.39, 0.29) is 17.9 Å². The van der Waals surface area contributed by atoms with Gasteiger partial charge in [0.2, 0.25) is 0 Å². The number of esters is 2. The molecule has 0 bridgehead atoms. The maximum atomic E-state index is 12.3. The minimum Gasteiger partial charge on any atom is -0.463 e. The molecule has 0 heterocycles. The lowest BCUT2D eigenvalue weighted by molar-refractivity contribution is -0.142. The molecule has 4 nitrogen and oxygen atoms in total. The second-order valence-corrected chi connectivity index (χ2v) is 5.02. The van der Waals surface area contributed by atoms with Gasteiger partial charge in [0, 0.05) is 5.57 Å². The molecule has 1 aliphatic rings. The van der Waals surface area contributed by atoms with E-state index in [0.717, 1.165) is 25.7 Å². The molecule has 0 aromatic rings. The Labute approximate surface area is 121 Å². The van der Waals surface area contributed by atoms with Crippen molar-refractivity contribution in [2.45, 2.75) is 59.3 Å². The maximum absolute atomic E-state index is 12.3. The molecule has 114 valence electrons. The average molecular weight is 282 g/mol. The van der Waals surface area contributed by atoms with E-state index >= 15 is 0 Å². The van der Waals surface area contributed by atoms with Gasteiger partial charge in [-0.25, -0.2) is 9.59 Å². The Morgan fingerprint density at radius 3 is 1.95 bits per heavy atom. The molecule has 0 aromatic heterocycles. The Morgan fingerprint density at radius 1 is 0.900 bits per heavy atom. The second kappa shape index (κ2) is 8.77. The van der Waals surface area contributed by atoms with Crippen LogP contribution in [0.25, 0.3) is 0 Å². The van der Waals surface area contributed by atoms with Crippen molar-refractivity contribution in [1.29, 1.82) is 0 Å². The van der Waals surface area contributed by atoms with Gasteiger partial charge in [0.15, 0.2) is 0 Å². The molecule has 0 aromatic carbocycles. The van der Waals surface area contributed by atoms with Gasteiger partial charge in [-0.3, -0.25) is 0 Å². The van der Waals surface area contributed by atoms with Crippen molar-refractivity contribution in [2.24, 2.45) is 5.92 Å². The van der Waals surface area contributed by atoms with Crippen LogP contribution in [0.5, 0.6) is 0 Å². The molecular formula is C16H26O4. The van der Waals surface area contributed by atoms with E-state index in [4.69, 9.17) is 9.47 Å². The highest BCUT2D eigenvalue weighted by atomic mass is 16.5. The van der Waals surface area contributed by atoms with E-state index in [2.05, 4.69) is 0 Å². The van der Waals surface area contributed by atoms with Crippen molar-refractivity contribution in [2.75, 3.05) is 13.2 Å². The van der Waals surface area contributed by atoms with Crippen LogP contribution in [0, 0.1) is 5.92 Å². The van der Waals surface area contributed by atoms with Crippen molar-refractivity contribution in [3.8, 4) is 0 Å². The zero-order chi connectivity index (χ0) is 15.0. The molecule has 0 aliphatic heterocycles. The fourth-order valence-corrected chi connectivity index (χ4v) is 2.80. The van der Waals surface area contributed by atoms with Gasteiger partial charge < -0.3 is 9.47 Å². The topological polar surface area (TPSA) is 52.6 Å². The predicted molar refractivity (Wildman–Crippen MR) is 77.2 cm³/mol. The van der Waals surface area contributed by atoms with Crippen molar-refractivity contribution >= 4 is 11.9 Å². The molecular weight excluding hydrogens is 256 g/mol. The summed E-state index contributed by atoms with van der Waals surface area (Å²) in [5.74, 6) is -0.574. The summed E-state index contributed by atoms with van der Waals surface area (Å²) in [6.45, 7) is 6.09. The van der Waals surface area contributed by atoms with Crippen LogP contribution in [0.2, 0.25) is 0 Å². The third-order valence-corrected chi connectivity index (χ3v) is 3.71. The monoisotopic (exact) mass is 282 g/mol. The van der Waals surface area contributed by atoms with E-state index in [1.54, 1.807) is 13.8 Å². The maximum Gasteiger partial charge on any atom is 0.334 e. The first-order valence-corrected chi connectivity index (χ1v) is 7.72. The fraction of sp³-hybridized carbons (Fsp3) is 0.750. The van der Waals surface area contributed by atoms with Gasteiger partial charge in [0.05, 0.1) is 18.8 Å². The van der Waals surface area contributed by atoms with Crippen molar-refractivity contribution in [1.82, 2.24) is 0 Å². The van der Waals surface area contributed by atoms with E-state index in [1.165, 1.54) is 6.42 Å². The first-order chi connectivity index (χ1) is 9.65. The molecule has 0 unspecified atom stereocenters. The minimum atomic E-state index is -0.372. The molecule has 0 atom stereocenters. The van der Waals surface area contributed by atoms with Gasteiger partial charge >= 0.3 is 11.9 Å². The number of hydrogen-bond donors (Lipinski definition) is 0. The van der Waals surface area contributed by atoms with E-state index in [9.17, 15) is 9.59 Å². The number of carbonyl (C=O) groups is 2. The summed E-state index contributed by atoms with van der Waals surface area (Å²) in [7, 11) is 0. The van der Waals surface area contributed by atoms with Gasteiger partial charge in [-0.1, -0.05) is 26.2 Å². The Morgan fingerprint density at radius 2 is 1.45 bits per heavy atom. The molecule has 0 N–H and O–H groups in total. The normalized spacial score (nSPS) is 17.4. The van der Waals surface area contributed by atoms with Crippen LogP contribution >= 0.6 is 0 Å². The summed E-state index contributed by atoms with van der Waals surface area (Å²) in [4.78, 5) is 24.3. The second-order valence-electron chi connectivity index (χ2n) is 5.02. The quantitative estimate of drug-likeness (QED) is 0.553. The fourth-order valence-electron chi connectivity index (χ4n) is 2.80. The third kappa shape index (κ3) is 4.36. The summed E-state index contributed by atoms with van der Waals surface area (Å²) in [5.41, 5.74) is 1.06.